The zero-order valence-corrected chi connectivity index (χ0v) is 11.5. The Kier molecular flexibility index (Phi) is 4.63. The van der Waals surface area contributed by atoms with Gasteiger partial charge in [0.2, 0.25) is 0 Å². The summed E-state index contributed by atoms with van der Waals surface area (Å²) in [7, 11) is 0. The van der Waals surface area contributed by atoms with Crippen LogP contribution in [-0.2, 0) is 10.9 Å². The van der Waals surface area contributed by atoms with Crippen LogP contribution in [0.25, 0.3) is 0 Å². The predicted octanol–water partition coefficient (Wildman–Crippen LogP) is 3.86. The van der Waals surface area contributed by atoms with Gasteiger partial charge < -0.3 is 9.84 Å². The lowest BCUT2D eigenvalue weighted by Gasteiger charge is -2.31. The molecule has 19 heavy (non-hydrogen) atoms. The fourth-order valence-corrected chi connectivity index (χ4v) is 1.98. The molecule has 0 saturated carbocycles. The average Bonchev–Trinajstić information content (AvgIpc) is 2.26. The molecule has 0 heterocycles. The molecule has 1 atom stereocenters. The van der Waals surface area contributed by atoms with Gasteiger partial charge in [-0.2, -0.15) is 13.2 Å². The summed E-state index contributed by atoms with van der Waals surface area (Å²) in [4.78, 5) is 0. The third-order valence-corrected chi connectivity index (χ3v) is 3.07. The minimum absolute atomic E-state index is 0.398. The molecule has 0 aliphatic rings. The van der Waals surface area contributed by atoms with Crippen LogP contribution in [0.4, 0.5) is 13.2 Å². The number of aliphatic hydroxyl groups is 1. The Hall–Kier alpha value is -1.07. The zero-order chi connectivity index (χ0) is 14.8. The highest BCUT2D eigenvalue weighted by Gasteiger charge is 2.34. The number of hydrogen-bond donors (Lipinski definition) is 1. The number of halogens is 3. The molecule has 0 saturated heterocycles. The zero-order valence-electron chi connectivity index (χ0n) is 11.5. The SMILES string of the molecule is CCOC(C)(C)C(O)c1ccc(C(F)(F)F)cc1C. The van der Waals surface area contributed by atoms with E-state index in [1.54, 1.807) is 27.7 Å². The van der Waals surface area contributed by atoms with Crippen LogP contribution in [0, 0.1) is 6.92 Å². The summed E-state index contributed by atoms with van der Waals surface area (Å²) >= 11 is 0. The predicted molar refractivity (Wildman–Crippen MR) is 66.8 cm³/mol. The summed E-state index contributed by atoms with van der Waals surface area (Å²) < 4.78 is 43.1. The summed E-state index contributed by atoms with van der Waals surface area (Å²) in [5.41, 5.74) is -0.712. The molecule has 108 valence electrons. The molecular formula is C14H19F3O2. The lowest BCUT2D eigenvalue weighted by Crippen LogP contribution is -2.33. The molecule has 5 heteroatoms. The largest absolute Gasteiger partial charge is 0.416 e. The summed E-state index contributed by atoms with van der Waals surface area (Å²) in [6.45, 7) is 7.18. The molecule has 0 aliphatic heterocycles. The van der Waals surface area contributed by atoms with Gasteiger partial charge in [0.05, 0.1) is 11.2 Å². The van der Waals surface area contributed by atoms with Gasteiger partial charge in [-0.1, -0.05) is 6.07 Å². The first-order chi connectivity index (χ1) is 8.59. The monoisotopic (exact) mass is 276 g/mol. The van der Waals surface area contributed by atoms with Crippen molar-refractivity contribution in [3.05, 3.63) is 34.9 Å². The van der Waals surface area contributed by atoms with Gasteiger partial charge in [-0.3, -0.25) is 0 Å². The average molecular weight is 276 g/mol. The normalized spacial score (nSPS) is 14.5. The highest BCUT2D eigenvalue weighted by atomic mass is 19.4. The Morgan fingerprint density at radius 1 is 1.26 bits per heavy atom. The van der Waals surface area contributed by atoms with E-state index in [4.69, 9.17) is 4.74 Å². The molecule has 0 fully saturated rings. The number of ether oxygens (including phenoxy) is 1. The second-order valence-corrected chi connectivity index (χ2v) is 5.01. The molecule has 1 unspecified atom stereocenters. The third kappa shape index (κ3) is 3.70. The molecule has 0 radical (unpaired) electrons. The Morgan fingerprint density at radius 3 is 2.26 bits per heavy atom. The molecule has 1 rings (SSSR count). The number of benzene rings is 1. The van der Waals surface area contributed by atoms with Gasteiger partial charge in [-0.15, -0.1) is 0 Å². The van der Waals surface area contributed by atoms with Crippen molar-refractivity contribution >= 4 is 0 Å². The van der Waals surface area contributed by atoms with E-state index in [0.717, 1.165) is 12.1 Å². The van der Waals surface area contributed by atoms with Crippen LogP contribution >= 0.6 is 0 Å². The fourth-order valence-electron chi connectivity index (χ4n) is 1.98. The molecule has 0 aliphatic carbocycles. The first-order valence-electron chi connectivity index (χ1n) is 6.09. The number of aryl methyl sites for hydroxylation is 1. The molecule has 0 amide bonds. The maximum Gasteiger partial charge on any atom is 0.416 e. The number of aliphatic hydroxyl groups excluding tert-OH is 1. The van der Waals surface area contributed by atoms with E-state index in [1.165, 1.54) is 6.07 Å². The molecule has 0 bridgehead atoms. The maximum absolute atomic E-state index is 12.6. The smallest absolute Gasteiger partial charge is 0.385 e. The summed E-state index contributed by atoms with van der Waals surface area (Å²) in [5, 5.41) is 10.2. The van der Waals surface area contributed by atoms with Crippen LogP contribution in [0.15, 0.2) is 18.2 Å². The minimum atomic E-state index is -4.37. The van der Waals surface area contributed by atoms with Crippen molar-refractivity contribution in [2.75, 3.05) is 6.61 Å². The van der Waals surface area contributed by atoms with E-state index < -0.39 is 23.4 Å². The van der Waals surface area contributed by atoms with Crippen molar-refractivity contribution in [2.45, 2.75) is 45.6 Å². The van der Waals surface area contributed by atoms with Crippen molar-refractivity contribution in [1.82, 2.24) is 0 Å². The highest BCUT2D eigenvalue weighted by molar-refractivity contribution is 5.35. The van der Waals surface area contributed by atoms with E-state index in [-0.39, 0.29) is 0 Å². The summed E-state index contributed by atoms with van der Waals surface area (Å²) in [6, 6.07) is 3.33. The van der Waals surface area contributed by atoms with Gasteiger partial charge in [-0.05, 0) is 51.0 Å². The number of alkyl halides is 3. The van der Waals surface area contributed by atoms with E-state index in [9.17, 15) is 18.3 Å². The number of hydrogen-bond acceptors (Lipinski definition) is 2. The number of rotatable bonds is 4. The van der Waals surface area contributed by atoms with Gasteiger partial charge in [0.25, 0.3) is 0 Å². The van der Waals surface area contributed by atoms with Gasteiger partial charge in [0, 0.05) is 6.61 Å². The lowest BCUT2D eigenvalue weighted by atomic mass is 9.90. The van der Waals surface area contributed by atoms with Gasteiger partial charge in [0.1, 0.15) is 6.10 Å². The van der Waals surface area contributed by atoms with Crippen molar-refractivity contribution in [3.63, 3.8) is 0 Å². The third-order valence-electron chi connectivity index (χ3n) is 3.07. The standard InChI is InChI=1S/C14H19F3O2/c1-5-19-13(3,4)12(18)11-7-6-10(8-9(11)2)14(15,16)17/h6-8,12,18H,5H2,1-4H3. The second kappa shape index (κ2) is 5.51. The molecule has 1 aromatic rings. The molecule has 2 nitrogen and oxygen atoms in total. The van der Waals surface area contributed by atoms with Gasteiger partial charge in [-0.25, -0.2) is 0 Å². The fraction of sp³-hybridized carbons (Fsp3) is 0.571. The van der Waals surface area contributed by atoms with Crippen molar-refractivity contribution in [2.24, 2.45) is 0 Å². The van der Waals surface area contributed by atoms with Gasteiger partial charge >= 0.3 is 6.18 Å². The first-order valence-corrected chi connectivity index (χ1v) is 6.09. The van der Waals surface area contributed by atoms with Crippen LogP contribution in [0.5, 0.6) is 0 Å². The van der Waals surface area contributed by atoms with Crippen LogP contribution in [0.3, 0.4) is 0 Å². The van der Waals surface area contributed by atoms with Crippen LogP contribution in [0.1, 0.15) is 43.6 Å². The van der Waals surface area contributed by atoms with Crippen molar-refractivity contribution in [3.8, 4) is 0 Å². The van der Waals surface area contributed by atoms with E-state index in [1.807, 2.05) is 0 Å². The maximum atomic E-state index is 12.6. The topological polar surface area (TPSA) is 29.5 Å². The lowest BCUT2D eigenvalue weighted by molar-refractivity contribution is -0.137. The van der Waals surface area contributed by atoms with Crippen LogP contribution in [-0.4, -0.2) is 17.3 Å². The molecule has 0 spiro atoms. The van der Waals surface area contributed by atoms with E-state index >= 15 is 0 Å². The second-order valence-electron chi connectivity index (χ2n) is 5.01. The van der Waals surface area contributed by atoms with Crippen LogP contribution in [0.2, 0.25) is 0 Å². The first kappa shape index (κ1) is 16.0. The van der Waals surface area contributed by atoms with Crippen molar-refractivity contribution in [1.29, 1.82) is 0 Å². The van der Waals surface area contributed by atoms with E-state index in [0.29, 0.717) is 17.7 Å². The molecule has 1 N–H and O–H groups in total. The minimum Gasteiger partial charge on any atom is -0.385 e. The Bertz CT molecular complexity index is 439. The molecule has 0 aromatic heterocycles. The quantitative estimate of drug-likeness (QED) is 0.904. The molecule has 1 aromatic carbocycles. The highest BCUT2D eigenvalue weighted by Crippen LogP contribution is 2.35. The Labute approximate surface area is 111 Å². The van der Waals surface area contributed by atoms with Crippen LogP contribution < -0.4 is 0 Å². The van der Waals surface area contributed by atoms with Crippen molar-refractivity contribution < 1.29 is 23.0 Å². The van der Waals surface area contributed by atoms with Gasteiger partial charge in [0.15, 0.2) is 0 Å². The summed E-state index contributed by atoms with van der Waals surface area (Å²) in [6.07, 6.45) is -5.35. The Balaban J connectivity index is 3.10. The Morgan fingerprint density at radius 2 is 1.84 bits per heavy atom. The summed E-state index contributed by atoms with van der Waals surface area (Å²) in [5.74, 6) is 0. The molecular weight excluding hydrogens is 257 g/mol. The van der Waals surface area contributed by atoms with E-state index in [2.05, 4.69) is 0 Å².